The highest BCUT2D eigenvalue weighted by atomic mass is 35.5. The van der Waals surface area contributed by atoms with Gasteiger partial charge in [-0.15, -0.1) is 0 Å². The maximum absolute atomic E-state index is 13.2. The smallest absolute Gasteiger partial charge is 0.412 e. The standard InChI is InChI=1S/C15H17FN4O2.C10H14ClN3O2/c1-9-12(20-14(21)22-15(2,3)4)8-18-13(19-9)10-5-11(16)7-17-6-10;1-6-7(5-12-8(11)13-6)14-9(15)16-10(2,3)4/h5-8H,1-4H3,(H,20,21);5H,1-4H3,(H,14,15). The van der Waals surface area contributed by atoms with E-state index in [4.69, 9.17) is 21.1 Å². The Kier molecular flexibility index (Phi) is 10.0. The number of ether oxygens (including phenoxy) is 2. The second-order valence-corrected chi connectivity index (χ2v) is 10.3. The van der Waals surface area contributed by atoms with E-state index in [1.165, 1.54) is 24.7 Å². The molecule has 0 aliphatic heterocycles. The van der Waals surface area contributed by atoms with E-state index in [1.54, 1.807) is 55.4 Å². The fourth-order valence-corrected chi connectivity index (χ4v) is 2.83. The molecule has 0 unspecified atom stereocenters. The Labute approximate surface area is 225 Å². The van der Waals surface area contributed by atoms with Gasteiger partial charge >= 0.3 is 12.2 Å². The van der Waals surface area contributed by atoms with Gasteiger partial charge in [-0.2, -0.15) is 0 Å². The van der Waals surface area contributed by atoms with Crippen molar-refractivity contribution in [1.29, 1.82) is 0 Å². The second-order valence-electron chi connectivity index (χ2n) is 9.98. The topological polar surface area (TPSA) is 141 Å². The molecule has 0 bridgehead atoms. The van der Waals surface area contributed by atoms with Crippen LogP contribution in [-0.2, 0) is 9.47 Å². The maximum atomic E-state index is 13.2. The van der Waals surface area contributed by atoms with Crippen molar-refractivity contribution >= 4 is 35.2 Å². The minimum Gasteiger partial charge on any atom is -0.444 e. The Morgan fingerprint density at radius 1 is 0.816 bits per heavy atom. The normalized spacial score (nSPS) is 11.1. The van der Waals surface area contributed by atoms with Gasteiger partial charge < -0.3 is 9.47 Å². The van der Waals surface area contributed by atoms with Crippen molar-refractivity contribution in [3.05, 3.63) is 53.3 Å². The number of amides is 2. The Morgan fingerprint density at radius 3 is 1.76 bits per heavy atom. The van der Waals surface area contributed by atoms with Gasteiger partial charge in [-0.3, -0.25) is 15.6 Å². The van der Waals surface area contributed by atoms with Crippen LogP contribution >= 0.6 is 11.6 Å². The molecular formula is C25H31ClFN7O4. The zero-order valence-electron chi connectivity index (χ0n) is 22.5. The molecule has 38 heavy (non-hydrogen) atoms. The Morgan fingerprint density at radius 2 is 1.32 bits per heavy atom. The molecule has 3 aromatic rings. The van der Waals surface area contributed by atoms with Crippen LogP contribution in [0.15, 0.2) is 30.9 Å². The van der Waals surface area contributed by atoms with E-state index in [9.17, 15) is 14.0 Å². The fraction of sp³-hybridized carbons (Fsp3) is 0.400. The lowest BCUT2D eigenvalue weighted by atomic mass is 10.2. The number of anilines is 2. The molecule has 3 aromatic heterocycles. The molecule has 0 aromatic carbocycles. The van der Waals surface area contributed by atoms with E-state index >= 15 is 0 Å². The van der Waals surface area contributed by atoms with Gasteiger partial charge in [-0.25, -0.2) is 33.9 Å². The molecule has 204 valence electrons. The summed E-state index contributed by atoms with van der Waals surface area (Å²) in [6.45, 7) is 14.1. The molecule has 3 heterocycles. The quantitative estimate of drug-likeness (QED) is 0.371. The largest absolute Gasteiger partial charge is 0.444 e. The summed E-state index contributed by atoms with van der Waals surface area (Å²) in [6, 6.07) is 1.29. The van der Waals surface area contributed by atoms with E-state index in [2.05, 4.69) is 35.6 Å². The van der Waals surface area contributed by atoms with Crippen LogP contribution in [-0.4, -0.2) is 48.3 Å². The zero-order chi connectivity index (χ0) is 28.7. The first-order valence-corrected chi connectivity index (χ1v) is 11.8. The summed E-state index contributed by atoms with van der Waals surface area (Å²) in [7, 11) is 0. The predicted molar refractivity (Wildman–Crippen MR) is 141 cm³/mol. The number of nitrogens with one attached hydrogen (secondary N) is 2. The first-order valence-electron chi connectivity index (χ1n) is 11.5. The average Bonchev–Trinajstić information content (AvgIpc) is 2.75. The van der Waals surface area contributed by atoms with Crippen molar-refractivity contribution < 1.29 is 23.5 Å². The van der Waals surface area contributed by atoms with Crippen LogP contribution in [0.1, 0.15) is 52.9 Å². The van der Waals surface area contributed by atoms with Gasteiger partial charge in [0.25, 0.3) is 0 Å². The molecule has 0 saturated carbocycles. The van der Waals surface area contributed by atoms with Crippen LogP contribution < -0.4 is 10.6 Å². The summed E-state index contributed by atoms with van der Waals surface area (Å²) in [4.78, 5) is 43.0. The highest BCUT2D eigenvalue weighted by Crippen LogP contribution is 2.19. The molecule has 11 nitrogen and oxygen atoms in total. The van der Waals surface area contributed by atoms with Crippen LogP contribution in [0.25, 0.3) is 11.4 Å². The molecule has 0 radical (unpaired) electrons. The number of aryl methyl sites for hydroxylation is 2. The summed E-state index contributed by atoms with van der Waals surface area (Å²) >= 11 is 5.59. The van der Waals surface area contributed by atoms with Crippen LogP contribution in [0.4, 0.5) is 25.4 Å². The number of aromatic nitrogens is 5. The number of hydrogen-bond donors (Lipinski definition) is 2. The summed E-state index contributed by atoms with van der Waals surface area (Å²) in [5.74, 6) is -0.131. The van der Waals surface area contributed by atoms with Gasteiger partial charge in [0.2, 0.25) is 5.28 Å². The highest BCUT2D eigenvalue weighted by Gasteiger charge is 2.18. The van der Waals surface area contributed by atoms with Crippen molar-refractivity contribution in [3.63, 3.8) is 0 Å². The number of halogens is 2. The lowest BCUT2D eigenvalue weighted by Crippen LogP contribution is -2.27. The molecule has 0 saturated heterocycles. The lowest BCUT2D eigenvalue weighted by molar-refractivity contribution is 0.0624. The number of carbonyl (C=O) groups is 2. The molecule has 0 atom stereocenters. The SMILES string of the molecule is Cc1nc(-c2cncc(F)c2)ncc1NC(=O)OC(C)(C)C.Cc1nc(Cl)ncc1NC(=O)OC(C)(C)C. The second kappa shape index (κ2) is 12.5. The van der Waals surface area contributed by atoms with E-state index in [0.29, 0.717) is 34.2 Å². The molecule has 0 spiro atoms. The number of hydrogen-bond acceptors (Lipinski definition) is 9. The van der Waals surface area contributed by atoms with Crippen molar-refractivity contribution in [2.75, 3.05) is 10.6 Å². The van der Waals surface area contributed by atoms with Crippen molar-refractivity contribution in [1.82, 2.24) is 24.9 Å². The van der Waals surface area contributed by atoms with Gasteiger partial charge in [0.05, 0.1) is 41.4 Å². The van der Waals surface area contributed by atoms with Crippen molar-refractivity contribution in [2.45, 2.75) is 66.6 Å². The molecule has 2 N–H and O–H groups in total. The third kappa shape index (κ3) is 10.6. The summed E-state index contributed by atoms with van der Waals surface area (Å²) < 4.78 is 23.4. The van der Waals surface area contributed by atoms with Gasteiger partial charge in [0, 0.05) is 11.8 Å². The molecule has 3 rings (SSSR count). The Balaban J connectivity index is 0.000000281. The van der Waals surface area contributed by atoms with Crippen LogP contribution in [0, 0.1) is 19.7 Å². The van der Waals surface area contributed by atoms with Crippen LogP contribution in [0.3, 0.4) is 0 Å². The monoisotopic (exact) mass is 547 g/mol. The molecule has 2 amide bonds. The minimum absolute atomic E-state index is 0.146. The van der Waals surface area contributed by atoms with Crippen molar-refractivity contribution in [2.24, 2.45) is 0 Å². The van der Waals surface area contributed by atoms with E-state index in [0.717, 1.165) is 6.20 Å². The molecule has 0 fully saturated rings. The molecule has 0 aliphatic carbocycles. The van der Waals surface area contributed by atoms with E-state index < -0.39 is 29.2 Å². The van der Waals surface area contributed by atoms with Gasteiger partial charge in [-0.1, -0.05) is 0 Å². The fourth-order valence-electron chi connectivity index (χ4n) is 2.65. The zero-order valence-corrected chi connectivity index (χ0v) is 23.3. The number of nitrogens with zero attached hydrogens (tertiary/aromatic N) is 5. The predicted octanol–water partition coefficient (Wildman–Crippen LogP) is 6.12. The third-order valence-electron chi connectivity index (χ3n) is 4.16. The number of rotatable bonds is 3. The number of carbonyl (C=O) groups excluding carboxylic acids is 2. The van der Waals surface area contributed by atoms with Gasteiger partial charge in [0.15, 0.2) is 5.82 Å². The van der Waals surface area contributed by atoms with Gasteiger partial charge in [0.1, 0.15) is 17.0 Å². The lowest BCUT2D eigenvalue weighted by Gasteiger charge is -2.20. The molecule has 0 aliphatic rings. The first kappa shape index (κ1) is 30.3. The summed E-state index contributed by atoms with van der Waals surface area (Å²) in [6.07, 6.45) is 4.34. The first-order chi connectivity index (χ1) is 17.5. The third-order valence-corrected chi connectivity index (χ3v) is 4.35. The molecular weight excluding hydrogens is 517 g/mol. The summed E-state index contributed by atoms with van der Waals surface area (Å²) in [5.41, 5.74) is 1.39. The van der Waals surface area contributed by atoms with Gasteiger partial charge in [-0.05, 0) is 73.1 Å². The van der Waals surface area contributed by atoms with E-state index in [-0.39, 0.29) is 5.28 Å². The maximum Gasteiger partial charge on any atom is 0.412 e. The van der Waals surface area contributed by atoms with Crippen molar-refractivity contribution in [3.8, 4) is 11.4 Å². The average molecular weight is 548 g/mol. The minimum atomic E-state index is -0.591. The van der Waals surface area contributed by atoms with Crippen LogP contribution in [0.5, 0.6) is 0 Å². The molecule has 13 heteroatoms. The number of pyridine rings is 1. The summed E-state index contributed by atoms with van der Waals surface area (Å²) in [5, 5.41) is 5.28. The Hall–Kier alpha value is -3.93. The Bertz CT molecular complexity index is 1290. The highest BCUT2D eigenvalue weighted by molar-refractivity contribution is 6.28. The van der Waals surface area contributed by atoms with Crippen LogP contribution in [0.2, 0.25) is 5.28 Å². The van der Waals surface area contributed by atoms with E-state index in [1.807, 2.05) is 0 Å².